The molecule has 0 spiro atoms. The number of thiophene rings is 1. The minimum Gasteiger partial charge on any atom is -0.455 e. The Morgan fingerprint density at radius 2 is 1.15 bits per heavy atom. The topological polar surface area (TPSA) is 13.1 Å². The highest BCUT2D eigenvalue weighted by Gasteiger charge is 2.24. The molecule has 2 aromatic heterocycles. The van der Waals surface area contributed by atoms with Crippen molar-refractivity contribution in [3.05, 3.63) is 133 Å². The van der Waals surface area contributed by atoms with Crippen LogP contribution >= 0.6 is 11.3 Å². The van der Waals surface area contributed by atoms with Crippen molar-refractivity contribution in [1.82, 2.24) is 0 Å². The maximum absolute atomic E-state index is 6.54. The maximum atomic E-state index is 6.54. The first-order valence-electron chi connectivity index (χ1n) is 16.0. The van der Waals surface area contributed by atoms with Gasteiger partial charge in [0.25, 0.3) is 0 Å². The number of fused-ring (bicyclic) bond motifs is 6. The standard InChI is InChI=1S/C44H30OS/c1-44(2,3)37-24-36(34-15-9-14-33-28-11-5-7-17-39(28)46-43(33)34)30-21-19-25-18-20-26(29-22-23-35(37)41(30)40(25)29)31-12-8-13-32-27-10-4-6-16-38(27)45-42(31)32/h4-24H,1-3H3. The second kappa shape index (κ2) is 9.19. The van der Waals surface area contributed by atoms with Gasteiger partial charge < -0.3 is 4.42 Å². The Hall–Kier alpha value is -5.18. The summed E-state index contributed by atoms with van der Waals surface area (Å²) in [6.07, 6.45) is 0. The molecule has 0 N–H and O–H groups in total. The average molecular weight is 607 g/mol. The molecule has 218 valence electrons. The fourth-order valence-electron chi connectivity index (χ4n) is 7.89. The van der Waals surface area contributed by atoms with Crippen molar-refractivity contribution in [1.29, 1.82) is 0 Å². The van der Waals surface area contributed by atoms with Crippen LogP contribution in [0.15, 0.2) is 132 Å². The van der Waals surface area contributed by atoms with Gasteiger partial charge in [-0.15, -0.1) is 11.3 Å². The van der Waals surface area contributed by atoms with Crippen molar-refractivity contribution >= 4 is 85.8 Å². The molecule has 0 fully saturated rings. The van der Waals surface area contributed by atoms with Crippen LogP contribution in [-0.2, 0) is 5.41 Å². The molecule has 0 aliphatic carbocycles. The summed E-state index contributed by atoms with van der Waals surface area (Å²) in [5, 5.41) is 12.9. The highest BCUT2D eigenvalue weighted by Crippen LogP contribution is 2.49. The fraction of sp³-hybridized carbons (Fsp3) is 0.0909. The van der Waals surface area contributed by atoms with Crippen LogP contribution in [0.4, 0.5) is 0 Å². The molecule has 0 amide bonds. The van der Waals surface area contributed by atoms with Crippen molar-refractivity contribution < 1.29 is 4.42 Å². The van der Waals surface area contributed by atoms with E-state index in [4.69, 9.17) is 4.42 Å². The van der Waals surface area contributed by atoms with Crippen LogP contribution in [0, 0.1) is 0 Å². The molecule has 0 saturated carbocycles. The molecule has 0 radical (unpaired) electrons. The quantitative estimate of drug-likeness (QED) is 0.178. The van der Waals surface area contributed by atoms with E-state index in [1.807, 2.05) is 17.4 Å². The molecule has 10 aromatic rings. The van der Waals surface area contributed by atoms with Crippen molar-refractivity contribution in [2.45, 2.75) is 26.2 Å². The van der Waals surface area contributed by atoms with E-state index < -0.39 is 0 Å². The molecule has 0 atom stereocenters. The van der Waals surface area contributed by atoms with E-state index in [2.05, 4.69) is 142 Å². The number of hydrogen-bond acceptors (Lipinski definition) is 2. The van der Waals surface area contributed by atoms with E-state index in [0.29, 0.717) is 0 Å². The Bertz CT molecular complexity index is 2840. The van der Waals surface area contributed by atoms with Crippen molar-refractivity contribution in [3.8, 4) is 22.3 Å². The van der Waals surface area contributed by atoms with Gasteiger partial charge >= 0.3 is 0 Å². The highest BCUT2D eigenvalue weighted by molar-refractivity contribution is 7.26. The zero-order valence-electron chi connectivity index (χ0n) is 25.9. The summed E-state index contributed by atoms with van der Waals surface area (Å²) in [7, 11) is 0. The Morgan fingerprint density at radius 1 is 0.478 bits per heavy atom. The zero-order chi connectivity index (χ0) is 30.7. The molecule has 10 rings (SSSR count). The Kier molecular flexibility index (Phi) is 5.21. The summed E-state index contributed by atoms with van der Waals surface area (Å²) in [5.41, 5.74) is 8.20. The Morgan fingerprint density at radius 3 is 2.02 bits per heavy atom. The molecule has 0 bridgehead atoms. The number of furan rings is 1. The van der Waals surface area contributed by atoms with E-state index in [1.165, 1.54) is 74.7 Å². The van der Waals surface area contributed by atoms with Crippen LogP contribution in [0.1, 0.15) is 26.3 Å². The normalized spacial score (nSPS) is 12.7. The SMILES string of the molecule is CC(C)(C)c1cc(-c2cccc3c2sc2ccccc23)c2ccc3ccc(-c4cccc5c4oc4ccccc45)c4ccc1c2c34. The van der Waals surface area contributed by atoms with Gasteiger partial charge in [0.1, 0.15) is 11.2 Å². The summed E-state index contributed by atoms with van der Waals surface area (Å²) in [6, 6.07) is 47.0. The molecule has 0 aliphatic heterocycles. The molecule has 0 aliphatic rings. The Labute approximate surface area is 270 Å². The van der Waals surface area contributed by atoms with E-state index in [1.54, 1.807) is 0 Å². The van der Waals surface area contributed by atoms with Gasteiger partial charge in [-0.2, -0.15) is 0 Å². The summed E-state index contributed by atoms with van der Waals surface area (Å²) in [4.78, 5) is 0. The molecule has 46 heavy (non-hydrogen) atoms. The molecule has 2 heterocycles. The third-order valence-electron chi connectivity index (χ3n) is 9.98. The zero-order valence-corrected chi connectivity index (χ0v) is 26.8. The van der Waals surface area contributed by atoms with Gasteiger partial charge in [0.15, 0.2) is 0 Å². The van der Waals surface area contributed by atoms with Gasteiger partial charge in [-0.05, 0) is 72.6 Å². The summed E-state index contributed by atoms with van der Waals surface area (Å²) >= 11 is 1.91. The van der Waals surface area contributed by atoms with Crippen molar-refractivity contribution in [2.24, 2.45) is 0 Å². The van der Waals surface area contributed by atoms with Gasteiger partial charge in [-0.25, -0.2) is 0 Å². The molecule has 0 unspecified atom stereocenters. The van der Waals surface area contributed by atoms with Crippen LogP contribution in [0.3, 0.4) is 0 Å². The molecule has 1 nitrogen and oxygen atoms in total. The lowest BCUT2D eigenvalue weighted by molar-refractivity contribution is 0.596. The first-order chi connectivity index (χ1) is 22.5. The van der Waals surface area contributed by atoms with Gasteiger partial charge in [0.2, 0.25) is 0 Å². The third-order valence-corrected chi connectivity index (χ3v) is 11.2. The van der Waals surface area contributed by atoms with E-state index in [9.17, 15) is 0 Å². The number of para-hydroxylation sites is 2. The van der Waals surface area contributed by atoms with Crippen LogP contribution in [-0.4, -0.2) is 0 Å². The lowest BCUT2D eigenvalue weighted by atomic mass is 9.78. The molecular weight excluding hydrogens is 577 g/mol. The number of rotatable bonds is 2. The summed E-state index contributed by atoms with van der Waals surface area (Å²) in [5.74, 6) is 0. The minimum absolute atomic E-state index is 0.0339. The third kappa shape index (κ3) is 3.51. The molecule has 8 aromatic carbocycles. The summed E-state index contributed by atoms with van der Waals surface area (Å²) in [6.45, 7) is 7.03. The van der Waals surface area contributed by atoms with Gasteiger partial charge in [0, 0.05) is 42.1 Å². The van der Waals surface area contributed by atoms with Gasteiger partial charge in [-0.1, -0.05) is 130 Å². The smallest absolute Gasteiger partial charge is 0.143 e. The van der Waals surface area contributed by atoms with Crippen molar-refractivity contribution in [3.63, 3.8) is 0 Å². The minimum atomic E-state index is -0.0339. The lowest BCUT2D eigenvalue weighted by Gasteiger charge is -2.26. The van der Waals surface area contributed by atoms with Crippen LogP contribution in [0.5, 0.6) is 0 Å². The average Bonchev–Trinajstić information content (AvgIpc) is 3.65. The van der Waals surface area contributed by atoms with Crippen molar-refractivity contribution in [2.75, 3.05) is 0 Å². The van der Waals surface area contributed by atoms with Gasteiger partial charge in [-0.3, -0.25) is 0 Å². The van der Waals surface area contributed by atoms with Crippen LogP contribution in [0.25, 0.3) is 96.7 Å². The molecule has 0 saturated heterocycles. The number of benzene rings is 8. The first kappa shape index (κ1) is 26.1. The van der Waals surface area contributed by atoms with Gasteiger partial charge in [0.05, 0.1) is 0 Å². The summed E-state index contributed by atoms with van der Waals surface area (Å²) < 4.78 is 9.23. The number of hydrogen-bond donors (Lipinski definition) is 0. The lowest BCUT2D eigenvalue weighted by Crippen LogP contribution is -2.12. The maximum Gasteiger partial charge on any atom is 0.143 e. The van der Waals surface area contributed by atoms with E-state index >= 15 is 0 Å². The van der Waals surface area contributed by atoms with Crippen LogP contribution in [0.2, 0.25) is 0 Å². The first-order valence-corrected chi connectivity index (χ1v) is 16.8. The van der Waals surface area contributed by atoms with Crippen LogP contribution < -0.4 is 0 Å². The Balaban J connectivity index is 1.34. The highest BCUT2D eigenvalue weighted by atomic mass is 32.1. The van der Waals surface area contributed by atoms with E-state index in [0.717, 1.165) is 27.5 Å². The fourth-order valence-corrected chi connectivity index (χ4v) is 9.12. The predicted octanol–water partition coefficient (Wildman–Crippen LogP) is 13.5. The monoisotopic (exact) mass is 606 g/mol. The second-order valence-electron chi connectivity index (χ2n) is 13.6. The predicted molar refractivity (Wildman–Crippen MR) is 200 cm³/mol. The second-order valence-corrected chi connectivity index (χ2v) is 14.7. The molecular formula is C44H30OS. The van der Waals surface area contributed by atoms with E-state index in [-0.39, 0.29) is 5.41 Å². The largest absolute Gasteiger partial charge is 0.455 e. The molecule has 2 heteroatoms.